The molecule has 84 valence electrons. The van der Waals surface area contributed by atoms with Crippen LogP contribution in [-0.2, 0) is 9.47 Å². The zero-order chi connectivity index (χ0) is 10.8. The normalized spacial score (nSPS) is 10.2. The molecule has 0 fully saturated rings. The number of benzene rings is 1. The van der Waals surface area contributed by atoms with Gasteiger partial charge in [0.25, 0.3) is 0 Å². The Morgan fingerprint density at radius 2 is 1.73 bits per heavy atom. The van der Waals surface area contributed by atoms with Crippen LogP contribution in [0.2, 0.25) is 0 Å². The molecule has 3 nitrogen and oxygen atoms in total. The molecule has 15 heavy (non-hydrogen) atoms. The van der Waals surface area contributed by atoms with Gasteiger partial charge in [-0.2, -0.15) is 0 Å². The highest BCUT2D eigenvalue weighted by molar-refractivity contribution is 5.20. The predicted octanol–water partition coefficient (Wildman–Crippen LogP) is 2.12. The summed E-state index contributed by atoms with van der Waals surface area (Å²) < 4.78 is 15.7. The van der Waals surface area contributed by atoms with Gasteiger partial charge in [-0.15, -0.1) is 0 Å². The summed E-state index contributed by atoms with van der Waals surface area (Å²) in [5, 5.41) is 0. The zero-order valence-electron chi connectivity index (χ0n) is 9.15. The maximum absolute atomic E-state index is 5.50. The Morgan fingerprint density at radius 1 is 0.933 bits per heavy atom. The van der Waals surface area contributed by atoms with Crippen LogP contribution in [0.15, 0.2) is 30.3 Å². The van der Waals surface area contributed by atoms with Crippen molar-refractivity contribution >= 4 is 0 Å². The molecule has 0 aliphatic rings. The van der Waals surface area contributed by atoms with Crippen molar-refractivity contribution in [1.82, 2.24) is 0 Å². The zero-order valence-corrected chi connectivity index (χ0v) is 9.15. The Bertz CT molecular complexity index is 236. The van der Waals surface area contributed by atoms with Gasteiger partial charge in [-0.1, -0.05) is 18.2 Å². The molecule has 1 rings (SSSR count). The largest absolute Gasteiger partial charge is 0.494 e. The van der Waals surface area contributed by atoms with Crippen LogP contribution >= 0.6 is 0 Å². The van der Waals surface area contributed by atoms with Gasteiger partial charge < -0.3 is 14.2 Å². The molecule has 0 saturated carbocycles. The maximum Gasteiger partial charge on any atom is 0.119 e. The molecule has 0 aromatic heterocycles. The lowest BCUT2D eigenvalue weighted by Gasteiger charge is -2.06. The van der Waals surface area contributed by atoms with E-state index >= 15 is 0 Å². The molecule has 0 aliphatic heterocycles. The van der Waals surface area contributed by atoms with Crippen LogP contribution in [0, 0.1) is 0 Å². The van der Waals surface area contributed by atoms with Crippen LogP contribution in [0.25, 0.3) is 0 Å². The van der Waals surface area contributed by atoms with E-state index in [4.69, 9.17) is 14.2 Å². The maximum atomic E-state index is 5.50. The summed E-state index contributed by atoms with van der Waals surface area (Å²) in [6, 6.07) is 9.80. The van der Waals surface area contributed by atoms with E-state index < -0.39 is 0 Å². The molecule has 0 aliphatic carbocycles. The molecule has 0 radical (unpaired) electrons. The van der Waals surface area contributed by atoms with Gasteiger partial charge in [0.05, 0.1) is 19.8 Å². The van der Waals surface area contributed by atoms with Crippen LogP contribution in [0.1, 0.15) is 6.42 Å². The molecule has 3 heteroatoms. The van der Waals surface area contributed by atoms with Crippen LogP contribution in [0.3, 0.4) is 0 Å². The van der Waals surface area contributed by atoms with Gasteiger partial charge in [0, 0.05) is 20.1 Å². The Labute approximate surface area is 91.0 Å². The van der Waals surface area contributed by atoms with Crippen molar-refractivity contribution in [2.75, 3.05) is 33.5 Å². The van der Waals surface area contributed by atoms with E-state index in [0.29, 0.717) is 19.8 Å². The van der Waals surface area contributed by atoms with Crippen LogP contribution < -0.4 is 4.74 Å². The number of methoxy groups -OCH3 is 1. The topological polar surface area (TPSA) is 27.7 Å². The van der Waals surface area contributed by atoms with Gasteiger partial charge in [0.2, 0.25) is 0 Å². The number of hydrogen-bond acceptors (Lipinski definition) is 3. The smallest absolute Gasteiger partial charge is 0.119 e. The van der Waals surface area contributed by atoms with Gasteiger partial charge in [0.1, 0.15) is 5.75 Å². The molecule has 1 aromatic carbocycles. The van der Waals surface area contributed by atoms with E-state index in [-0.39, 0.29) is 0 Å². The quantitative estimate of drug-likeness (QED) is 0.615. The lowest BCUT2D eigenvalue weighted by molar-refractivity contribution is 0.0644. The van der Waals surface area contributed by atoms with Crippen molar-refractivity contribution in [1.29, 1.82) is 0 Å². The second kappa shape index (κ2) is 8.26. The summed E-state index contributed by atoms with van der Waals surface area (Å²) in [6.07, 6.45) is 0.901. The summed E-state index contributed by atoms with van der Waals surface area (Å²) in [4.78, 5) is 0. The summed E-state index contributed by atoms with van der Waals surface area (Å²) in [5.41, 5.74) is 0. The first-order valence-electron chi connectivity index (χ1n) is 5.18. The van der Waals surface area contributed by atoms with Crippen molar-refractivity contribution in [2.24, 2.45) is 0 Å². The fraction of sp³-hybridized carbons (Fsp3) is 0.500. The van der Waals surface area contributed by atoms with E-state index in [0.717, 1.165) is 18.8 Å². The predicted molar refractivity (Wildman–Crippen MR) is 59.2 cm³/mol. The Hall–Kier alpha value is -1.06. The molecule has 0 amide bonds. The first-order chi connectivity index (χ1) is 7.43. The first-order valence-corrected chi connectivity index (χ1v) is 5.18. The Balaban J connectivity index is 1.93. The molecular weight excluding hydrogens is 192 g/mol. The molecule has 0 bridgehead atoms. The highest BCUT2D eigenvalue weighted by Crippen LogP contribution is 2.08. The number of para-hydroxylation sites is 1. The Morgan fingerprint density at radius 3 is 2.47 bits per heavy atom. The molecule has 0 saturated heterocycles. The lowest BCUT2D eigenvalue weighted by Crippen LogP contribution is -2.06. The van der Waals surface area contributed by atoms with E-state index in [1.165, 1.54) is 0 Å². The monoisotopic (exact) mass is 210 g/mol. The summed E-state index contributed by atoms with van der Waals surface area (Å²) in [5.74, 6) is 0.911. The third-order valence-corrected chi connectivity index (χ3v) is 1.88. The molecule has 0 N–H and O–H groups in total. The SMILES string of the molecule is COCCOCCCOc1ccccc1. The lowest BCUT2D eigenvalue weighted by atomic mass is 10.3. The summed E-state index contributed by atoms with van der Waals surface area (Å²) >= 11 is 0. The number of hydrogen-bond donors (Lipinski definition) is 0. The van der Waals surface area contributed by atoms with Gasteiger partial charge in [-0.25, -0.2) is 0 Å². The minimum absolute atomic E-state index is 0.652. The van der Waals surface area contributed by atoms with Gasteiger partial charge >= 0.3 is 0 Å². The summed E-state index contributed by atoms with van der Waals surface area (Å²) in [7, 11) is 1.67. The molecular formula is C12H18O3. The van der Waals surface area contributed by atoms with Crippen molar-refractivity contribution in [3.05, 3.63) is 30.3 Å². The third-order valence-electron chi connectivity index (χ3n) is 1.88. The number of rotatable bonds is 8. The van der Waals surface area contributed by atoms with E-state index in [1.54, 1.807) is 7.11 Å². The highest BCUT2D eigenvalue weighted by Gasteiger charge is 1.92. The second-order valence-corrected chi connectivity index (χ2v) is 3.12. The highest BCUT2D eigenvalue weighted by atomic mass is 16.5. The number of ether oxygens (including phenoxy) is 3. The van der Waals surface area contributed by atoms with Crippen molar-refractivity contribution in [3.63, 3.8) is 0 Å². The van der Waals surface area contributed by atoms with Crippen LogP contribution in [-0.4, -0.2) is 33.5 Å². The van der Waals surface area contributed by atoms with Crippen molar-refractivity contribution in [3.8, 4) is 5.75 Å². The Kier molecular flexibility index (Phi) is 6.62. The van der Waals surface area contributed by atoms with Crippen LogP contribution in [0.5, 0.6) is 5.75 Å². The van der Waals surface area contributed by atoms with Crippen molar-refractivity contribution in [2.45, 2.75) is 6.42 Å². The first kappa shape index (κ1) is 12.0. The van der Waals surface area contributed by atoms with Crippen LogP contribution in [0.4, 0.5) is 0 Å². The van der Waals surface area contributed by atoms with E-state index in [9.17, 15) is 0 Å². The second-order valence-electron chi connectivity index (χ2n) is 3.12. The average molecular weight is 210 g/mol. The summed E-state index contributed by atoms with van der Waals surface area (Å²) in [6.45, 7) is 2.72. The molecule has 1 aromatic rings. The fourth-order valence-corrected chi connectivity index (χ4v) is 1.11. The minimum Gasteiger partial charge on any atom is -0.494 e. The fourth-order valence-electron chi connectivity index (χ4n) is 1.11. The molecule has 0 atom stereocenters. The minimum atomic E-state index is 0.652. The van der Waals surface area contributed by atoms with Crippen molar-refractivity contribution < 1.29 is 14.2 Å². The molecule has 0 unspecified atom stereocenters. The van der Waals surface area contributed by atoms with Gasteiger partial charge in [0.15, 0.2) is 0 Å². The average Bonchev–Trinajstić information content (AvgIpc) is 2.29. The van der Waals surface area contributed by atoms with Gasteiger partial charge in [-0.3, -0.25) is 0 Å². The van der Waals surface area contributed by atoms with E-state index in [1.807, 2.05) is 30.3 Å². The van der Waals surface area contributed by atoms with Gasteiger partial charge in [-0.05, 0) is 12.1 Å². The standard InChI is InChI=1S/C12H18O3/c1-13-10-11-14-8-5-9-15-12-6-3-2-4-7-12/h2-4,6-7H,5,8-11H2,1H3. The third kappa shape index (κ3) is 6.10. The van der Waals surface area contributed by atoms with E-state index in [2.05, 4.69) is 0 Å². The molecule has 0 spiro atoms. The molecule has 0 heterocycles.